The van der Waals surface area contributed by atoms with Crippen molar-refractivity contribution >= 4 is 21.9 Å². The largest absolute Gasteiger partial charge is 0.492 e. The molecule has 0 aliphatic carbocycles. The van der Waals surface area contributed by atoms with Crippen molar-refractivity contribution in [3.05, 3.63) is 45.7 Å². The fourth-order valence-corrected chi connectivity index (χ4v) is 2.12. The average molecular weight is 339 g/mol. The Morgan fingerprint density at radius 1 is 1.35 bits per heavy atom. The first-order chi connectivity index (χ1) is 9.49. The number of carboxylic acid groups (broad SMARTS) is 1. The average Bonchev–Trinajstić information content (AvgIpc) is 2.67. The molecule has 0 saturated heterocycles. The van der Waals surface area contributed by atoms with Crippen LogP contribution in [0.1, 0.15) is 21.7 Å². The molecule has 0 aliphatic heterocycles. The zero-order chi connectivity index (χ0) is 14.7. The van der Waals surface area contributed by atoms with E-state index in [1.165, 1.54) is 12.1 Å². The van der Waals surface area contributed by atoms with Gasteiger partial charge in [-0.1, -0.05) is 0 Å². The van der Waals surface area contributed by atoms with Crippen molar-refractivity contribution < 1.29 is 14.6 Å². The van der Waals surface area contributed by atoms with Gasteiger partial charge in [-0.05, 0) is 54.0 Å². The van der Waals surface area contributed by atoms with Crippen molar-refractivity contribution in [2.45, 2.75) is 20.4 Å². The van der Waals surface area contributed by atoms with Crippen LogP contribution in [0, 0.1) is 13.8 Å². The minimum Gasteiger partial charge on any atom is -0.492 e. The SMILES string of the molecule is Cc1nn(CCOc2ccc(C(=O)O)cc2)c(C)c1Br. The Morgan fingerprint density at radius 2 is 2.00 bits per heavy atom. The molecule has 2 aromatic rings. The molecule has 0 radical (unpaired) electrons. The third kappa shape index (κ3) is 3.19. The molecule has 1 aromatic carbocycles. The minimum absolute atomic E-state index is 0.250. The highest BCUT2D eigenvalue weighted by atomic mass is 79.9. The number of carbonyl (C=O) groups is 1. The monoisotopic (exact) mass is 338 g/mol. The molecule has 1 heterocycles. The summed E-state index contributed by atoms with van der Waals surface area (Å²) in [4.78, 5) is 10.7. The Kier molecular flexibility index (Phi) is 4.44. The summed E-state index contributed by atoms with van der Waals surface area (Å²) in [6.07, 6.45) is 0. The van der Waals surface area contributed by atoms with Gasteiger partial charge in [-0.2, -0.15) is 5.10 Å². The summed E-state index contributed by atoms with van der Waals surface area (Å²) in [7, 11) is 0. The molecule has 1 N–H and O–H groups in total. The number of aryl methyl sites for hydroxylation is 1. The topological polar surface area (TPSA) is 64.4 Å². The predicted octanol–water partition coefficient (Wildman–Crippen LogP) is 3.04. The molecule has 0 atom stereocenters. The van der Waals surface area contributed by atoms with E-state index in [0.717, 1.165) is 15.9 Å². The summed E-state index contributed by atoms with van der Waals surface area (Å²) >= 11 is 3.48. The van der Waals surface area contributed by atoms with Crippen molar-refractivity contribution in [1.82, 2.24) is 9.78 Å². The molecule has 106 valence electrons. The lowest BCUT2D eigenvalue weighted by Crippen LogP contribution is -2.11. The van der Waals surface area contributed by atoms with Crippen LogP contribution in [0.5, 0.6) is 5.75 Å². The van der Waals surface area contributed by atoms with Gasteiger partial charge < -0.3 is 9.84 Å². The van der Waals surface area contributed by atoms with E-state index >= 15 is 0 Å². The molecule has 1 aromatic heterocycles. The van der Waals surface area contributed by atoms with Crippen molar-refractivity contribution in [3.8, 4) is 5.75 Å². The van der Waals surface area contributed by atoms with E-state index in [2.05, 4.69) is 21.0 Å². The molecule has 0 spiro atoms. The summed E-state index contributed by atoms with van der Waals surface area (Å²) in [5.41, 5.74) is 2.26. The first kappa shape index (κ1) is 14.6. The summed E-state index contributed by atoms with van der Waals surface area (Å²) in [5.74, 6) is -0.292. The van der Waals surface area contributed by atoms with E-state index < -0.39 is 5.97 Å². The molecule has 5 nitrogen and oxygen atoms in total. The lowest BCUT2D eigenvalue weighted by molar-refractivity contribution is 0.0697. The Balaban J connectivity index is 1.92. The maximum atomic E-state index is 10.7. The summed E-state index contributed by atoms with van der Waals surface area (Å²) < 4.78 is 8.48. The lowest BCUT2D eigenvalue weighted by Gasteiger charge is -2.08. The van der Waals surface area contributed by atoms with Crippen LogP contribution in [0.25, 0.3) is 0 Å². The zero-order valence-electron chi connectivity index (χ0n) is 11.3. The van der Waals surface area contributed by atoms with Gasteiger partial charge in [-0.3, -0.25) is 4.68 Å². The maximum absolute atomic E-state index is 10.7. The Bertz CT molecular complexity index is 620. The van der Waals surface area contributed by atoms with E-state index in [9.17, 15) is 4.79 Å². The molecule has 0 aliphatic rings. The predicted molar refractivity (Wildman–Crippen MR) is 78.3 cm³/mol. The maximum Gasteiger partial charge on any atom is 0.335 e. The molecular weight excluding hydrogens is 324 g/mol. The minimum atomic E-state index is -0.941. The van der Waals surface area contributed by atoms with E-state index in [1.54, 1.807) is 12.1 Å². The van der Waals surface area contributed by atoms with Crippen LogP contribution in [0.15, 0.2) is 28.7 Å². The number of hydrogen-bond donors (Lipinski definition) is 1. The number of aromatic carboxylic acids is 1. The summed E-state index contributed by atoms with van der Waals surface area (Å²) in [6.45, 7) is 5.05. The van der Waals surface area contributed by atoms with Crippen LogP contribution >= 0.6 is 15.9 Å². The number of nitrogens with zero attached hydrogens (tertiary/aromatic N) is 2. The summed E-state index contributed by atoms with van der Waals surface area (Å²) in [6, 6.07) is 6.36. The Labute approximate surface area is 125 Å². The second-order valence-electron chi connectivity index (χ2n) is 4.39. The van der Waals surface area contributed by atoms with Crippen molar-refractivity contribution in [2.24, 2.45) is 0 Å². The second-order valence-corrected chi connectivity index (χ2v) is 5.18. The van der Waals surface area contributed by atoms with Gasteiger partial charge >= 0.3 is 5.97 Å². The third-order valence-electron chi connectivity index (χ3n) is 2.97. The van der Waals surface area contributed by atoms with Crippen LogP contribution in [0.4, 0.5) is 0 Å². The number of halogens is 1. The van der Waals surface area contributed by atoms with E-state index in [0.29, 0.717) is 18.9 Å². The number of benzene rings is 1. The van der Waals surface area contributed by atoms with E-state index in [4.69, 9.17) is 9.84 Å². The van der Waals surface area contributed by atoms with E-state index in [-0.39, 0.29) is 5.56 Å². The standard InChI is InChI=1S/C14H15BrN2O3/c1-9-13(15)10(2)17(16-9)7-8-20-12-5-3-11(4-6-12)14(18)19/h3-6H,7-8H2,1-2H3,(H,18,19). The van der Waals surface area contributed by atoms with Gasteiger partial charge in [0.15, 0.2) is 0 Å². The van der Waals surface area contributed by atoms with Gasteiger partial charge in [0, 0.05) is 5.69 Å². The van der Waals surface area contributed by atoms with Crippen molar-refractivity contribution in [1.29, 1.82) is 0 Å². The van der Waals surface area contributed by atoms with Crippen LogP contribution in [0.2, 0.25) is 0 Å². The molecular formula is C14H15BrN2O3. The zero-order valence-corrected chi connectivity index (χ0v) is 12.8. The highest BCUT2D eigenvalue weighted by Crippen LogP contribution is 2.19. The molecule has 0 bridgehead atoms. The quantitative estimate of drug-likeness (QED) is 0.909. The Hall–Kier alpha value is -1.82. The number of rotatable bonds is 5. The fourth-order valence-electron chi connectivity index (χ4n) is 1.84. The van der Waals surface area contributed by atoms with Gasteiger partial charge in [-0.15, -0.1) is 0 Å². The van der Waals surface area contributed by atoms with Crippen LogP contribution < -0.4 is 4.74 Å². The molecule has 0 unspecified atom stereocenters. The van der Waals surface area contributed by atoms with Gasteiger partial charge in [0.2, 0.25) is 0 Å². The molecule has 0 saturated carbocycles. The molecule has 0 fully saturated rings. The van der Waals surface area contributed by atoms with Crippen LogP contribution in [0.3, 0.4) is 0 Å². The van der Waals surface area contributed by atoms with Crippen LogP contribution in [-0.4, -0.2) is 27.5 Å². The molecule has 2 rings (SSSR count). The van der Waals surface area contributed by atoms with Gasteiger partial charge in [0.25, 0.3) is 0 Å². The van der Waals surface area contributed by atoms with Gasteiger partial charge in [0.1, 0.15) is 12.4 Å². The first-order valence-corrected chi connectivity index (χ1v) is 6.94. The normalized spacial score (nSPS) is 10.6. The summed E-state index contributed by atoms with van der Waals surface area (Å²) in [5, 5.41) is 13.2. The van der Waals surface area contributed by atoms with E-state index in [1.807, 2.05) is 18.5 Å². The third-order valence-corrected chi connectivity index (χ3v) is 4.11. The number of ether oxygens (including phenoxy) is 1. The van der Waals surface area contributed by atoms with Gasteiger partial charge in [-0.25, -0.2) is 4.79 Å². The smallest absolute Gasteiger partial charge is 0.335 e. The molecule has 6 heteroatoms. The Morgan fingerprint density at radius 3 is 2.50 bits per heavy atom. The molecule has 20 heavy (non-hydrogen) atoms. The van der Waals surface area contributed by atoms with Crippen molar-refractivity contribution in [2.75, 3.05) is 6.61 Å². The number of aromatic nitrogens is 2. The number of carboxylic acids is 1. The van der Waals surface area contributed by atoms with Crippen LogP contribution in [-0.2, 0) is 6.54 Å². The lowest BCUT2D eigenvalue weighted by atomic mass is 10.2. The highest BCUT2D eigenvalue weighted by Gasteiger charge is 2.08. The number of hydrogen-bond acceptors (Lipinski definition) is 3. The first-order valence-electron chi connectivity index (χ1n) is 6.14. The molecule has 0 amide bonds. The fraction of sp³-hybridized carbons (Fsp3) is 0.286. The highest BCUT2D eigenvalue weighted by molar-refractivity contribution is 9.10. The van der Waals surface area contributed by atoms with Gasteiger partial charge in [0.05, 0.1) is 22.3 Å². The second kappa shape index (κ2) is 6.09. The van der Waals surface area contributed by atoms with Crippen molar-refractivity contribution in [3.63, 3.8) is 0 Å².